The summed E-state index contributed by atoms with van der Waals surface area (Å²) >= 11 is 1.99. The number of aliphatic hydroxyl groups is 1. The second-order valence-corrected chi connectivity index (χ2v) is 10.3. The van der Waals surface area contributed by atoms with Crippen LogP contribution < -0.4 is 10.6 Å². The fraction of sp³-hybridized carbons (Fsp3) is 0.375. The zero-order valence-electron chi connectivity index (χ0n) is 18.5. The minimum atomic E-state index is -1.01. The highest BCUT2D eigenvalue weighted by Gasteiger charge is 2.49. The Bertz CT molecular complexity index is 1280. The minimum absolute atomic E-state index is 0.00325. The van der Waals surface area contributed by atoms with Gasteiger partial charge in [0, 0.05) is 15.0 Å². The van der Waals surface area contributed by atoms with E-state index >= 15 is 4.39 Å². The maximum atomic E-state index is 15.7. The molecule has 10 heteroatoms. The van der Waals surface area contributed by atoms with E-state index in [9.17, 15) is 14.3 Å². The zero-order valence-corrected chi connectivity index (χ0v) is 20.7. The first kappa shape index (κ1) is 23.3. The minimum Gasteiger partial charge on any atom is -0.385 e. The largest absolute Gasteiger partial charge is 0.385 e. The molecule has 2 aliphatic heterocycles. The van der Waals surface area contributed by atoms with Gasteiger partial charge in [0.2, 0.25) is 0 Å². The molecule has 0 radical (unpaired) electrons. The SMILES string of the molecule is Cc1cnnc2c(F)c(Nc3ccc(I)cc3F)c(C(=O)N3CC(O)([C@@H]4CCCCN4)C3)cc12. The van der Waals surface area contributed by atoms with E-state index in [0.29, 0.717) is 14.5 Å². The zero-order chi connectivity index (χ0) is 24.0. The van der Waals surface area contributed by atoms with Crippen LogP contribution in [0.4, 0.5) is 20.2 Å². The third kappa shape index (κ3) is 4.11. The van der Waals surface area contributed by atoms with Crippen molar-refractivity contribution in [2.45, 2.75) is 37.8 Å². The van der Waals surface area contributed by atoms with Crippen LogP contribution in [-0.2, 0) is 0 Å². The highest BCUT2D eigenvalue weighted by molar-refractivity contribution is 14.1. The van der Waals surface area contributed by atoms with E-state index < -0.39 is 23.1 Å². The molecule has 1 aromatic heterocycles. The molecule has 178 valence electrons. The smallest absolute Gasteiger partial charge is 0.256 e. The van der Waals surface area contributed by atoms with E-state index in [0.717, 1.165) is 25.8 Å². The predicted octanol–water partition coefficient (Wildman–Crippen LogP) is 3.89. The number of β-amino-alcohol motifs (C(OH)–C–C–N with tert-alkyl or cyclic N) is 1. The molecule has 2 aliphatic rings. The molecule has 1 amide bonds. The van der Waals surface area contributed by atoms with Gasteiger partial charge in [0.05, 0.1) is 36.2 Å². The maximum absolute atomic E-state index is 15.7. The first-order valence-electron chi connectivity index (χ1n) is 11.2. The Balaban J connectivity index is 1.52. The highest BCUT2D eigenvalue weighted by atomic mass is 127. The summed E-state index contributed by atoms with van der Waals surface area (Å²) in [7, 11) is 0. The number of rotatable bonds is 4. The molecule has 2 fully saturated rings. The molecule has 0 aliphatic carbocycles. The van der Waals surface area contributed by atoms with Gasteiger partial charge < -0.3 is 20.6 Å². The number of fused-ring (bicyclic) bond motifs is 1. The molecule has 7 nitrogen and oxygen atoms in total. The Morgan fingerprint density at radius 1 is 1.29 bits per heavy atom. The van der Waals surface area contributed by atoms with E-state index in [1.807, 2.05) is 22.6 Å². The number of halogens is 3. The summed E-state index contributed by atoms with van der Waals surface area (Å²) in [4.78, 5) is 15.0. The average molecular weight is 579 g/mol. The van der Waals surface area contributed by atoms with Gasteiger partial charge in [-0.1, -0.05) is 6.42 Å². The van der Waals surface area contributed by atoms with Crippen molar-refractivity contribution in [2.24, 2.45) is 0 Å². The first-order valence-corrected chi connectivity index (χ1v) is 12.3. The molecule has 1 atom stereocenters. The van der Waals surface area contributed by atoms with Crippen LogP contribution in [0.3, 0.4) is 0 Å². The van der Waals surface area contributed by atoms with Crippen LogP contribution >= 0.6 is 22.6 Å². The molecule has 5 rings (SSSR count). The van der Waals surface area contributed by atoms with E-state index in [2.05, 4.69) is 20.8 Å². The quantitative estimate of drug-likeness (QED) is 0.407. The third-order valence-electron chi connectivity index (χ3n) is 6.67. The van der Waals surface area contributed by atoms with Gasteiger partial charge in [-0.25, -0.2) is 8.78 Å². The molecule has 34 heavy (non-hydrogen) atoms. The highest BCUT2D eigenvalue weighted by Crippen LogP contribution is 2.36. The second-order valence-electron chi connectivity index (χ2n) is 9.05. The average Bonchev–Trinajstić information content (AvgIpc) is 2.80. The lowest BCUT2D eigenvalue weighted by atomic mass is 9.81. The number of aromatic nitrogens is 2. The summed E-state index contributed by atoms with van der Waals surface area (Å²) in [5.41, 5.74) is -0.419. The predicted molar refractivity (Wildman–Crippen MR) is 133 cm³/mol. The summed E-state index contributed by atoms with van der Waals surface area (Å²) < 4.78 is 30.9. The number of piperidine rings is 1. The number of hydrogen-bond donors (Lipinski definition) is 3. The monoisotopic (exact) mass is 579 g/mol. The number of amides is 1. The summed E-state index contributed by atoms with van der Waals surface area (Å²) in [5.74, 6) is -1.78. The van der Waals surface area contributed by atoms with Gasteiger partial charge in [0.1, 0.15) is 16.9 Å². The van der Waals surface area contributed by atoms with Crippen molar-refractivity contribution in [1.82, 2.24) is 20.4 Å². The van der Waals surface area contributed by atoms with E-state index in [-0.39, 0.29) is 41.6 Å². The Labute approximate surface area is 209 Å². The third-order valence-corrected chi connectivity index (χ3v) is 7.34. The number of carbonyl (C=O) groups is 1. The standard InChI is InChI=1S/C24H24F2IN5O2/c1-13-10-29-31-22-15(13)9-16(21(20(22)26)30-18-6-5-14(27)8-17(18)25)23(33)32-11-24(34,12-32)19-4-2-3-7-28-19/h5-6,8-10,19,28,30,34H,2-4,7,11-12H2,1H3/t19-/m0/s1. The Morgan fingerprint density at radius 2 is 2.09 bits per heavy atom. The number of anilines is 2. The normalized spacial score (nSPS) is 19.7. The fourth-order valence-corrected chi connectivity index (χ4v) is 5.21. The number of carbonyl (C=O) groups excluding carboxylic acids is 1. The number of nitrogens with one attached hydrogen (secondary N) is 2. The van der Waals surface area contributed by atoms with Gasteiger partial charge in [0.25, 0.3) is 5.91 Å². The van der Waals surface area contributed by atoms with E-state index in [1.54, 1.807) is 19.1 Å². The van der Waals surface area contributed by atoms with E-state index in [4.69, 9.17) is 0 Å². The van der Waals surface area contributed by atoms with Crippen LogP contribution in [0.1, 0.15) is 35.2 Å². The molecule has 2 aromatic carbocycles. The molecule has 0 spiro atoms. The summed E-state index contributed by atoms with van der Waals surface area (Å²) in [6.45, 7) is 2.89. The number of likely N-dealkylation sites (tertiary alicyclic amines) is 1. The molecule has 3 N–H and O–H groups in total. The number of nitrogens with zero attached hydrogens (tertiary/aromatic N) is 3. The molecule has 0 saturated carbocycles. The van der Waals surface area contributed by atoms with Gasteiger partial charge in [-0.05, 0) is 78.7 Å². The molecule has 2 saturated heterocycles. The van der Waals surface area contributed by atoms with Crippen LogP contribution in [0.15, 0.2) is 30.5 Å². The number of benzene rings is 2. The second kappa shape index (κ2) is 8.97. The van der Waals surface area contributed by atoms with Crippen molar-refractivity contribution in [3.63, 3.8) is 0 Å². The molecule has 0 bridgehead atoms. The fourth-order valence-electron chi connectivity index (χ4n) is 4.76. The summed E-state index contributed by atoms with van der Waals surface area (Å²) in [6, 6.07) is 5.99. The van der Waals surface area contributed by atoms with Crippen molar-refractivity contribution in [3.05, 3.63) is 56.8 Å². The lowest BCUT2D eigenvalue weighted by Crippen LogP contribution is -2.72. The lowest BCUT2D eigenvalue weighted by Gasteiger charge is -2.51. The van der Waals surface area contributed by atoms with Crippen molar-refractivity contribution in [3.8, 4) is 0 Å². The Morgan fingerprint density at radius 3 is 2.79 bits per heavy atom. The van der Waals surface area contributed by atoms with Crippen LogP contribution in [0.5, 0.6) is 0 Å². The van der Waals surface area contributed by atoms with Gasteiger partial charge in [0.15, 0.2) is 5.82 Å². The van der Waals surface area contributed by atoms with Gasteiger partial charge in [-0.3, -0.25) is 4.79 Å². The van der Waals surface area contributed by atoms with Crippen molar-refractivity contribution < 1.29 is 18.7 Å². The Kier molecular flexibility index (Phi) is 6.15. The summed E-state index contributed by atoms with van der Waals surface area (Å²) in [6.07, 6.45) is 4.44. The van der Waals surface area contributed by atoms with Crippen LogP contribution in [0, 0.1) is 22.1 Å². The summed E-state index contributed by atoms with van der Waals surface area (Å²) in [5, 5.41) is 25.3. The van der Waals surface area contributed by atoms with Crippen LogP contribution in [0.25, 0.3) is 10.9 Å². The van der Waals surface area contributed by atoms with Crippen LogP contribution in [0.2, 0.25) is 0 Å². The topological polar surface area (TPSA) is 90.4 Å². The van der Waals surface area contributed by atoms with Crippen molar-refractivity contribution in [1.29, 1.82) is 0 Å². The van der Waals surface area contributed by atoms with E-state index in [1.165, 1.54) is 23.2 Å². The molecular weight excluding hydrogens is 555 g/mol. The number of hydrogen-bond acceptors (Lipinski definition) is 6. The van der Waals surface area contributed by atoms with Crippen LogP contribution in [-0.4, -0.2) is 57.4 Å². The van der Waals surface area contributed by atoms with Gasteiger partial charge in [-0.15, -0.1) is 5.10 Å². The molecule has 3 aromatic rings. The number of aryl methyl sites for hydroxylation is 1. The van der Waals surface area contributed by atoms with Gasteiger partial charge >= 0.3 is 0 Å². The molecular formula is C24H24F2IN5O2. The molecule has 0 unspecified atom stereocenters. The maximum Gasteiger partial charge on any atom is 0.256 e. The Hall–Kier alpha value is -2.44. The van der Waals surface area contributed by atoms with Crippen molar-refractivity contribution in [2.75, 3.05) is 25.0 Å². The first-order chi connectivity index (χ1) is 16.3. The van der Waals surface area contributed by atoms with Gasteiger partial charge in [-0.2, -0.15) is 5.10 Å². The molecule has 3 heterocycles. The lowest BCUT2D eigenvalue weighted by molar-refractivity contribution is -0.108. The van der Waals surface area contributed by atoms with Crippen molar-refractivity contribution >= 4 is 50.8 Å².